The second-order valence-corrected chi connectivity index (χ2v) is 10.7. The molecule has 0 spiro atoms. The Kier molecular flexibility index (Phi) is 7.22. The molecule has 0 radical (unpaired) electrons. The lowest BCUT2D eigenvalue weighted by molar-refractivity contribution is 0.174. The van der Waals surface area contributed by atoms with Crippen LogP contribution < -0.4 is 14.9 Å². The van der Waals surface area contributed by atoms with Crippen LogP contribution in [0.3, 0.4) is 0 Å². The van der Waals surface area contributed by atoms with Gasteiger partial charge in [0.25, 0.3) is 10.0 Å². The van der Waals surface area contributed by atoms with Crippen molar-refractivity contribution < 1.29 is 17.9 Å². The zero-order valence-electron chi connectivity index (χ0n) is 20.5. The van der Waals surface area contributed by atoms with E-state index in [0.29, 0.717) is 31.0 Å². The molecule has 9 nitrogen and oxygen atoms in total. The summed E-state index contributed by atoms with van der Waals surface area (Å²) in [6, 6.07) is 16.0. The SMILES string of the molecule is Cc1cnc(N(c2ccc(CCNCC(O)c3cccnc3)cc2)S(=O)(=O)c2ccc3c(c2)CCN3)o1. The molecule has 192 valence electrons. The average Bonchev–Trinajstić information content (AvgIpc) is 3.56. The first-order chi connectivity index (χ1) is 17.9. The van der Waals surface area contributed by atoms with Gasteiger partial charge in [0.15, 0.2) is 0 Å². The highest BCUT2D eigenvalue weighted by molar-refractivity contribution is 7.93. The minimum atomic E-state index is -3.98. The van der Waals surface area contributed by atoms with E-state index in [9.17, 15) is 13.5 Å². The van der Waals surface area contributed by atoms with Crippen LogP contribution in [0.2, 0.25) is 0 Å². The Hall–Kier alpha value is -3.73. The van der Waals surface area contributed by atoms with E-state index in [-0.39, 0.29) is 10.9 Å². The molecule has 1 aliphatic rings. The highest BCUT2D eigenvalue weighted by Crippen LogP contribution is 2.34. The van der Waals surface area contributed by atoms with Crippen molar-refractivity contribution in [3.05, 3.63) is 95.6 Å². The number of hydrogen-bond donors (Lipinski definition) is 3. The smallest absolute Gasteiger partial charge is 0.316 e. The summed E-state index contributed by atoms with van der Waals surface area (Å²) in [6.45, 7) is 3.58. The maximum atomic E-state index is 13.8. The molecule has 1 aliphatic heterocycles. The third-order valence-corrected chi connectivity index (χ3v) is 7.97. The lowest BCUT2D eigenvalue weighted by Gasteiger charge is -2.21. The number of sulfonamides is 1. The normalized spacial score (nSPS) is 13.7. The van der Waals surface area contributed by atoms with Crippen LogP contribution in [0.15, 0.2) is 82.5 Å². The molecule has 4 aromatic rings. The van der Waals surface area contributed by atoms with E-state index >= 15 is 0 Å². The fraction of sp³-hybridized carbons (Fsp3) is 0.259. The van der Waals surface area contributed by atoms with Gasteiger partial charge in [0.1, 0.15) is 5.76 Å². The highest BCUT2D eigenvalue weighted by atomic mass is 32.2. The Balaban J connectivity index is 1.31. The largest absolute Gasteiger partial charge is 0.428 e. The maximum Gasteiger partial charge on any atom is 0.316 e. The first-order valence-electron chi connectivity index (χ1n) is 12.1. The molecule has 0 saturated heterocycles. The fourth-order valence-corrected chi connectivity index (χ4v) is 5.73. The average molecular weight is 520 g/mol. The number of rotatable bonds is 10. The maximum absolute atomic E-state index is 13.8. The Morgan fingerprint density at radius 3 is 2.73 bits per heavy atom. The number of oxazole rings is 1. The van der Waals surface area contributed by atoms with Crippen molar-refractivity contribution in [2.75, 3.05) is 29.3 Å². The molecule has 10 heteroatoms. The monoisotopic (exact) mass is 519 g/mol. The van der Waals surface area contributed by atoms with Crippen LogP contribution in [-0.2, 0) is 22.9 Å². The number of hydrogen-bond acceptors (Lipinski definition) is 8. The quantitative estimate of drug-likeness (QED) is 0.271. The van der Waals surface area contributed by atoms with Gasteiger partial charge in [0.2, 0.25) is 0 Å². The van der Waals surface area contributed by atoms with Gasteiger partial charge in [0.05, 0.1) is 22.9 Å². The summed E-state index contributed by atoms with van der Waals surface area (Å²) in [5.74, 6) is 0.518. The Morgan fingerprint density at radius 1 is 1.16 bits per heavy atom. The van der Waals surface area contributed by atoms with Crippen LogP contribution in [0.1, 0.15) is 28.6 Å². The van der Waals surface area contributed by atoms with Gasteiger partial charge in [-0.2, -0.15) is 4.31 Å². The number of anilines is 3. The minimum Gasteiger partial charge on any atom is -0.428 e. The molecule has 0 amide bonds. The van der Waals surface area contributed by atoms with Gasteiger partial charge in [-0.1, -0.05) is 18.2 Å². The number of nitrogens with zero attached hydrogens (tertiary/aromatic N) is 3. The molecule has 5 rings (SSSR count). The summed E-state index contributed by atoms with van der Waals surface area (Å²) in [4.78, 5) is 8.43. The van der Waals surface area contributed by atoms with E-state index in [4.69, 9.17) is 4.42 Å². The van der Waals surface area contributed by atoms with E-state index in [1.54, 1.807) is 55.7 Å². The van der Waals surface area contributed by atoms with Gasteiger partial charge in [-0.05, 0) is 73.8 Å². The minimum absolute atomic E-state index is 0.00469. The molecule has 3 N–H and O–H groups in total. The molecule has 0 saturated carbocycles. The van der Waals surface area contributed by atoms with Crippen molar-refractivity contribution in [2.24, 2.45) is 0 Å². The third kappa shape index (κ3) is 5.51. The van der Waals surface area contributed by atoms with Crippen molar-refractivity contribution in [1.82, 2.24) is 15.3 Å². The topological polar surface area (TPSA) is 121 Å². The summed E-state index contributed by atoms with van der Waals surface area (Å²) in [7, 11) is -3.98. The second-order valence-electron chi connectivity index (χ2n) is 8.94. The van der Waals surface area contributed by atoms with Gasteiger partial charge in [-0.25, -0.2) is 13.4 Å². The van der Waals surface area contributed by atoms with Crippen molar-refractivity contribution in [1.29, 1.82) is 0 Å². The Morgan fingerprint density at radius 2 is 2.00 bits per heavy atom. The lowest BCUT2D eigenvalue weighted by atomic mass is 10.1. The number of aliphatic hydroxyl groups excluding tert-OH is 1. The van der Waals surface area contributed by atoms with E-state index in [0.717, 1.165) is 39.6 Å². The van der Waals surface area contributed by atoms with Gasteiger partial charge in [0, 0.05) is 36.7 Å². The summed E-state index contributed by atoms with van der Waals surface area (Å²) in [5, 5.41) is 16.8. The number of aryl methyl sites for hydroxylation is 1. The van der Waals surface area contributed by atoms with Crippen LogP contribution in [0.25, 0.3) is 0 Å². The first kappa shape index (κ1) is 24.9. The van der Waals surface area contributed by atoms with E-state index in [1.807, 2.05) is 18.2 Å². The van der Waals surface area contributed by atoms with Crippen LogP contribution in [0.5, 0.6) is 0 Å². The van der Waals surface area contributed by atoms with E-state index < -0.39 is 16.1 Å². The zero-order chi connectivity index (χ0) is 25.8. The van der Waals surface area contributed by atoms with E-state index in [1.165, 1.54) is 6.20 Å². The molecule has 2 aromatic carbocycles. The summed E-state index contributed by atoms with van der Waals surface area (Å²) in [6.07, 6.45) is 5.69. The number of nitrogens with one attached hydrogen (secondary N) is 2. The van der Waals surface area contributed by atoms with Gasteiger partial charge in [-0.15, -0.1) is 0 Å². The van der Waals surface area contributed by atoms with Crippen LogP contribution in [0, 0.1) is 6.92 Å². The lowest BCUT2D eigenvalue weighted by Crippen LogP contribution is -2.27. The van der Waals surface area contributed by atoms with Crippen molar-refractivity contribution in [2.45, 2.75) is 30.8 Å². The van der Waals surface area contributed by atoms with Gasteiger partial charge in [-0.3, -0.25) is 4.98 Å². The molecule has 0 fully saturated rings. The van der Waals surface area contributed by atoms with Crippen LogP contribution in [-0.4, -0.2) is 43.1 Å². The molecule has 1 atom stereocenters. The zero-order valence-corrected chi connectivity index (χ0v) is 21.3. The number of pyridine rings is 1. The van der Waals surface area contributed by atoms with Crippen LogP contribution >= 0.6 is 0 Å². The Bertz CT molecular complexity index is 1460. The number of aliphatic hydroxyl groups is 1. The number of fused-ring (bicyclic) bond motifs is 1. The van der Waals surface area contributed by atoms with E-state index in [2.05, 4.69) is 20.6 Å². The molecule has 2 aromatic heterocycles. The predicted molar refractivity (Wildman–Crippen MR) is 141 cm³/mol. The van der Waals surface area contributed by atoms with Crippen molar-refractivity contribution in [3.8, 4) is 0 Å². The third-order valence-electron chi connectivity index (χ3n) is 6.28. The second kappa shape index (κ2) is 10.7. The number of aromatic nitrogens is 2. The Labute approximate surface area is 216 Å². The number of benzene rings is 2. The summed E-state index contributed by atoms with van der Waals surface area (Å²) in [5.41, 5.74) is 4.16. The molecular weight excluding hydrogens is 490 g/mol. The summed E-state index contributed by atoms with van der Waals surface area (Å²) >= 11 is 0. The molecule has 1 unspecified atom stereocenters. The van der Waals surface area contributed by atoms with Gasteiger partial charge >= 0.3 is 6.01 Å². The van der Waals surface area contributed by atoms with Gasteiger partial charge < -0.3 is 20.2 Å². The molecule has 0 bridgehead atoms. The predicted octanol–water partition coefficient (Wildman–Crippen LogP) is 3.74. The standard InChI is InChI=1S/C27H29N5O4S/c1-19-16-31-27(36-19)32(37(34,35)24-8-9-25-21(15-24)11-14-30-25)23-6-4-20(5-7-23)10-13-29-18-26(33)22-3-2-12-28-17-22/h2-9,12,15-17,26,29-30,33H,10-11,13-14,18H2,1H3. The fourth-order valence-electron chi connectivity index (χ4n) is 4.30. The molecular formula is C27H29N5O4S. The molecule has 0 aliphatic carbocycles. The molecule has 3 heterocycles. The first-order valence-corrected chi connectivity index (χ1v) is 13.6. The summed E-state index contributed by atoms with van der Waals surface area (Å²) < 4.78 is 34.4. The van der Waals surface area contributed by atoms with Crippen molar-refractivity contribution >= 4 is 27.4 Å². The van der Waals surface area contributed by atoms with Crippen LogP contribution in [0.4, 0.5) is 17.4 Å². The highest BCUT2D eigenvalue weighted by Gasteiger charge is 2.31. The molecule has 37 heavy (non-hydrogen) atoms. The van der Waals surface area contributed by atoms with Crippen molar-refractivity contribution in [3.63, 3.8) is 0 Å².